The quantitative estimate of drug-likeness (QED) is 0.723. The predicted octanol–water partition coefficient (Wildman–Crippen LogP) is 4.35. The summed E-state index contributed by atoms with van der Waals surface area (Å²) in [5.41, 5.74) is 5.58. The maximum Gasteiger partial charge on any atom is 0.328 e. The first-order valence-electron chi connectivity index (χ1n) is 8.13. The highest BCUT2D eigenvalue weighted by Gasteiger charge is 2.16. The third kappa shape index (κ3) is 2.65. The van der Waals surface area contributed by atoms with Crippen molar-refractivity contribution in [2.45, 2.75) is 32.6 Å². The van der Waals surface area contributed by atoms with Crippen molar-refractivity contribution < 1.29 is 9.90 Å². The molecule has 2 aromatic heterocycles. The molecule has 0 saturated carbocycles. The van der Waals surface area contributed by atoms with Gasteiger partial charge >= 0.3 is 5.97 Å². The maximum atomic E-state index is 11.0. The molecule has 1 aliphatic carbocycles. The van der Waals surface area contributed by atoms with Crippen LogP contribution in [0.1, 0.15) is 34.5 Å². The number of aryl methyl sites for hydroxylation is 3. The molecule has 0 saturated heterocycles. The van der Waals surface area contributed by atoms with Crippen molar-refractivity contribution >= 4 is 28.3 Å². The first kappa shape index (κ1) is 15.1. The van der Waals surface area contributed by atoms with E-state index in [1.165, 1.54) is 30.0 Å². The number of imidazole rings is 1. The highest BCUT2D eigenvalue weighted by molar-refractivity contribution is 7.17. The van der Waals surface area contributed by atoms with E-state index < -0.39 is 5.97 Å². The Morgan fingerprint density at radius 2 is 2.08 bits per heavy atom. The molecule has 1 aliphatic rings. The van der Waals surface area contributed by atoms with Crippen molar-refractivity contribution in [3.63, 3.8) is 0 Å². The smallest absolute Gasteiger partial charge is 0.328 e. The molecule has 122 valence electrons. The lowest BCUT2D eigenvalue weighted by Gasteiger charge is -2.16. The predicted molar refractivity (Wildman–Crippen MR) is 96.6 cm³/mol. The molecule has 0 spiro atoms. The minimum Gasteiger partial charge on any atom is -0.478 e. The fraction of sp³-hybridized carbons (Fsp3) is 0.263. The Morgan fingerprint density at radius 1 is 1.29 bits per heavy atom. The van der Waals surface area contributed by atoms with Gasteiger partial charge < -0.3 is 5.11 Å². The van der Waals surface area contributed by atoms with Crippen LogP contribution < -0.4 is 0 Å². The van der Waals surface area contributed by atoms with Crippen LogP contribution in [0.15, 0.2) is 30.5 Å². The van der Waals surface area contributed by atoms with E-state index in [9.17, 15) is 4.79 Å². The molecule has 3 aromatic rings. The van der Waals surface area contributed by atoms with Gasteiger partial charge in [0.25, 0.3) is 0 Å². The monoisotopic (exact) mass is 338 g/mol. The summed E-state index contributed by atoms with van der Waals surface area (Å²) < 4.78 is 1.98. The van der Waals surface area contributed by atoms with Crippen LogP contribution in [-0.4, -0.2) is 20.5 Å². The first-order valence-corrected chi connectivity index (χ1v) is 8.95. The summed E-state index contributed by atoms with van der Waals surface area (Å²) >= 11 is 1.62. The van der Waals surface area contributed by atoms with E-state index in [0.717, 1.165) is 39.6 Å². The second-order valence-electron chi connectivity index (χ2n) is 6.20. The lowest BCUT2D eigenvalue weighted by molar-refractivity contribution is -0.131. The maximum absolute atomic E-state index is 11.0. The molecular formula is C19H18N2O2S. The van der Waals surface area contributed by atoms with E-state index in [2.05, 4.69) is 18.2 Å². The van der Waals surface area contributed by atoms with Crippen LogP contribution in [0, 0.1) is 6.92 Å². The number of carboxylic acid groups (broad SMARTS) is 1. The van der Waals surface area contributed by atoms with E-state index in [0.29, 0.717) is 0 Å². The second-order valence-corrected chi connectivity index (χ2v) is 7.42. The molecule has 0 atom stereocenters. The molecule has 0 bridgehead atoms. The number of hydrogen-bond donors (Lipinski definition) is 1. The molecule has 24 heavy (non-hydrogen) atoms. The minimum atomic E-state index is -0.951. The zero-order valence-corrected chi connectivity index (χ0v) is 14.3. The summed E-state index contributed by atoms with van der Waals surface area (Å²) in [7, 11) is 0. The fourth-order valence-corrected chi connectivity index (χ4v) is 4.21. The number of hydrogen-bond acceptors (Lipinski definition) is 3. The highest BCUT2D eigenvalue weighted by atomic mass is 32.1. The average molecular weight is 338 g/mol. The standard InChI is InChI=1S/C19H18N2O2S/c1-12-11-21-16(8-9-17(22)23)18(20-19(21)24-12)15-7-6-13-4-2-3-5-14(13)10-15/h6-11H,2-5H2,1H3,(H,22,23)/b9-8+. The molecule has 0 aliphatic heterocycles. The second kappa shape index (κ2) is 5.91. The lowest BCUT2D eigenvalue weighted by atomic mass is 9.90. The summed E-state index contributed by atoms with van der Waals surface area (Å²) in [6.07, 6.45) is 9.60. The fourth-order valence-electron chi connectivity index (χ4n) is 3.38. The number of aromatic nitrogens is 2. The first-order chi connectivity index (χ1) is 11.6. The number of rotatable bonds is 3. The zero-order valence-electron chi connectivity index (χ0n) is 13.5. The molecule has 0 amide bonds. The summed E-state index contributed by atoms with van der Waals surface area (Å²) in [6, 6.07) is 6.54. The molecular weight excluding hydrogens is 320 g/mol. The molecule has 4 nitrogen and oxygen atoms in total. The van der Waals surface area contributed by atoms with E-state index in [4.69, 9.17) is 10.1 Å². The van der Waals surface area contributed by atoms with E-state index in [1.54, 1.807) is 17.4 Å². The van der Waals surface area contributed by atoms with E-state index >= 15 is 0 Å². The number of carboxylic acids is 1. The minimum absolute atomic E-state index is 0.826. The van der Waals surface area contributed by atoms with Gasteiger partial charge in [-0.2, -0.15) is 0 Å². The molecule has 0 fully saturated rings. The van der Waals surface area contributed by atoms with Crippen LogP contribution in [-0.2, 0) is 17.6 Å². The van der Waals surface area contributed by atoms with Crippen LogP contribution >= 0.6 is 11.3 Å². The van der Waals surface area contributed by atoms with Gasteiger partial charge in [-0.3, -0.25) is 4.40 Å². The van der Waals surface area contributed by atoms with Crippen molar-refractivity contribution in [1.29, 1.82) is 0 Å². The molecule has 0 unspecified atom stereocenters. The number of thiazole rings is 1. The number of aliphatic carboxylic acids is 1. The Labute approximate surface area is 144 Å². The number of carbonyl (C=O) groups is 1. The normalized spacial score (nSPS) is 14.4. The van der Waals surface area contributed by atoms with Gasteiger partial charge in [-0.15, -0.1) is 11.3 Å². The van der Waals surface area contributed by atoms with Gasteiger partial charge in [-0.1, -0.05) is 12.1 Å². The number of fused-ring (bicyclic) bond motifs is 2. The van der Waals surface area contributed by atoms with E-state index in [1.807, 2.05) is 17.5 Å². The lowest BCUT2D eigenvalue weighted by Crippen LogP contribution is -2.02. The van der Waals surface area contributed by atoms with Crippen molar-refractivity contribution in [1.82, 2.24) is 9.38 Å². The van der Waals surface area contributed by atoms with Crippen LogP contribution in [0.3, 0.4) is 0 Å². The number of benzene rings is 1. The van der Waals surface area contributed by atoms with Gasteiger partial charge in [0.2, 0.25) is 0 Å². The Hall–Kier alpha value is -2.40. The van der Waals surface area contributed by atoms with Gasteiger partial charge in [-0.25, -0.2) is 9.78 Å². The van der Waals surface area contributed by atoms with Crippen LogP contribution in [0.25, 0.3) is 22.3 Å². The van der Waals surface area contributed by atoms with Gasteiger partial charge in [0.05, 0.1) is 11.4 Å². The van der Waals surface area contributed by atoms with E-state index in [-0.39, 0.29) is 0 Å². The SMILES string of the molecule is Cc1cn2c(/C=C/C(=O)O)c(-c3ccc4c(c3)CCCC4)nc2s1. The van der Waals surface area contributed by atoms with Crippen LogP contribution in [0.5, 0.6) is 0 Å². The number of nitrogens with zero attached hydrogens (tertiary/aromatic N) is 2. The zero-order chi connectivity index (χ0) is 16.7. The van der Waals surface area contributed by atoms with Crippen molar-refractivity contribution in [3.05, 3.63) is 52.2 Å². The average Bonchev–Trinajstić information content (AvgIpc) is 3.08. The summed E-state index contributed by atoms with van der Waals surface area (Å²) in [6.45, 7) is 2.03. The third-order valence-electron chi connectivity index (χ3n) is 4.48. The van der Waals surface area contributed by atoms with Crippen molar-refractivity contribution in [2.24, 2.45) is 0 Å². The summed E-state index contributed by atoms with van der Waals surface area (Å²) in [4.78, 5) is 17.8. The van der Waals surface area contributed by atoms with Gasteiger partial charge in [0, 0.05) is 22.7 Å². The Bertz CT molecular complexity index is 965. The van der Waals surface area contributed by atoms with Crippen molar-refractivity contribution in [3.8, 4) is 11.3 Å². The third-order valence-corrected chi connectivity index (χ3v) is 5.38. The molecule has 0 radical (unpaired) electrons. The topological polar surface area (TPSA) is 54.6 Å². The largest absolute Gasteiger partial charge is 0.478 e. The molecule has 1 aromatic carbocycles. The van der Waals surface area contributed by atoms with Gasteiger partial charge in [0.15, 0.2) is 4.96 Å². The highest BCUT2D eigenvalue weighted by Crippen LogP contribution is 2.32. The van der Waals surface area contributed by atoms with Gasteiger partial charge in [0.1, 0.15) is 0 Å². The Morgan fingerprint density at radius 3 is 2.88 bits per heavy atom. The summed E-state index contributed by atoms with van der Waals surface area (Å²) in [5.74, 6) is -0.951. The molecule has 4 rings (SSSR count). The van der Waals surface area contributed by atoms with Crippen molar-refractivity contribution in [2.75, 3.05) is 0 Å². The van der Waals surface area contributed by atoms with Gasteiger partial charge in [-0.05, 0) is 55.9 Å². The summed E-state index contributed by atoms with van der Waals surface area (Å²) in [5, 5.41) is 9.00. The van der Waals surface area contributed by atoms with Crippen LogP contribution in [0.4, 0.5) is 0 Å². The molecule has 5 heteroatoms. The molecule has 1 N–H and O–H groups in total. The molecule has 2 heterocycles. The Kier molecular flexibility index (Phi) is 3.73. The van der Waals surface area contributed by atoms with Crippen LogP contribution in [0.2, 0.25) is 0 Å². The Balaban J connectivity index is 1.87.